The molecule has 0 saturated carbocycles. The maximum Gasteiger partial charge on any atom is 0.335 e. The van der Waals surface area contributed by atoms with E-state index < -0.39 is 39.6 Å². The number of alkyl halides is 2. The van der Waals surface area contributed by atoms with Crippen molar-refractivity contribution in [2.75, 3.05) is 0 Å². The van der Waals surface area contributed by atoms with E-state index in [1.807, 2.05) is 0 Å². The molecule has 12 heteroatoms. The van der Waals surface area contributed by atoms with Crippen LogP contribution in [0.2, 0.25) is 5.02 Å². The molecule has 35 heavy (non-hydrogen) atoms. The van der Waals surface area contributed by atoms with E-state index in [0.29, 0.717) is 5.56 Å². The summed E-state index contributed by atoms with van der Waals surface area (Å²) in [5.41, 5.74) is -4.12. The van der Waals surface area contributed by atoms with Gasteiger partial charge < -0.3 is 14.9 Å². The number of aromatic carboxylic acids is 1. The molecular formula is C23H21ClF2NO6PS. The maximum atomic E-state index is 14.4. The standard InChI is InChI=1S/C23H21ClF2NO6PS/c1-34(30,31)23(25,26)20-12-9-17(13-21(20)24)15-27(35(32,33)19-5-3-2-4-6-19)14-16-7-10-18(11-8-16)22(28)29/h2-13,30-31H,1,14-15H2,(H,28,29). The number of nitrogens with zero attached hydrogens (tertiary/aromatic N) is 1. The van der Waals surface area contributed by atoms with Gasteiger partial charge >= 0.3 is 11.6 Å². The zero-order valence-electron chi connectivity index (χ0n) is 18.1. The number of benzene rings is 3. The maximum absolute atomic E-state index is 14.4. The summed E-state index contributed by atoms with van der Waals surface area (Å²) >= 11 is 6.01. The van der Waals surface area contributed by atoms with Gasteiger partial charge in [0.25, 0.3) is 0 Å². The van der Waals surface area contributed by atoms with Crippen LogP contribution in [0.4, 0.5) is 8.78 Å². The van der Waals surface area contributed by atoms with E-state index in [4.69, 9.17) is 16.7 Å². The number of carboxylic acid groups (broad SMARTS) is 1. The predicted molar refractivity (Wildman–Crippen MR) is 130 cm³/mol. The van der Waals surface area contributed by atoms with Gasteiger partial charge in [0.2, 0.25) is 10.0 Å². The lowest BCUT2D eigenvalue weighted by Gasteiger charge is -2.25. The molecule has 0 unspecified atom stereocenters. The van der Waals surface area contributed by atoms with Gasteiger partial charge in [-0.2, -0.15) is 13.1 Å². The zero-order chi connectivity index (χ0) is 26.0. The lowest BCUT2D eigenvalue weighted by atomic mass is 10.1. The van der Waals surface area contributed by atoms with Crippen molar-refractivity contribution in [2.24, 2.45) is 0 Å². The summed E-state index contributed by atoms with van der Waals surface area (Å²) in [5, 5.41) is 8.60. The molecule has 0 saturated heterocycles. The molecule has 0 amide bonds. The number of hydrogen-bond acceptors (Lipinski definition) is 5. The van der Waals surface area contributed by atoms with E-state index in [0.717, 1.165) is 16.4 Å². The molecule has 0 atom stereocenters. The minimum Gasteiger partial charge on any atom is -0.478 e. The molecule has 0 aliphatic heterocycles. The number of halogens is 3. The van der Waals surface area contributed by atoms with Crippen molar-refractivity contribution in [1.29, 1.82) is 0 Å². The van der Waals surface area contributed by atoms with Gasteiger partial charge in [-0.05, 0) is 47.8 Å². The molecule has 0 spiro atoms. The first-order chi connectivity index (χ1) is 16.2. The van der Waals surface area contributed by atoms with Gasteiger partial charge in [-0.1, -0.05) is 54.1 Å². The molecular weight excluding hydrogens is 523 g/mol. The Hall–Kier alpha value is -2.59. The van der Waals surface area contributed by atoms with E-state index in [1.54, 1.807) is 18.2 Å². The van der Waals surface area contributed by atoms with E-state index in [9.17, 15) is 31.8 Å². The topological polar surface area (TPSA) is 115 Å². The van der Waals surface area contributed by atoms with Crippen molar-refractivity contribution in [3.05, 3.63) is 100 Å². The molecule has 0 radical (unpaired) electrons. The van der Waals surface area contributed by atoms with Crippen molar-refractivity contribution < 1.29 is 36.9 Å². The average Bonchev–Trinajstić information content (AvgIpc) is 2.78. The number of carbonyl (C=O) groups is 1. The van der Waals surface area contributed by atoms with Crippen molar-refractivity contribution in [3.63, 3.8) is 0 Å². The molecule has 0 aromatic heterocycles. The Labute approximate surface area is 206 Å². The molecule has 7 nitrogen and oxygen atoms in total. The Morgan fingerprint density at radius 1 is 0.971 bits per heavy atom. The Morgan fingerprint density at radius 2 is 1.51 bits per heavy atom. The molecule has 3 aromatic carbocycles. The van der Waals surface area contributed by atoms with Crippen molar-refractivity contribution in [3.8, 4) is 0 Å². The summed E-state index contributed by atoms with van der Waals surface area (Å²) in [6.45, 7) is -0.403. The zero-order valence-corrected chi connectivity index (χ0v) is 20.5. The quantitative estimate of drug-likeness (QED) is 0.336. The Kier molecular flexibility index (Phi) is 7.86. The highest BCUT2D eigenvalue weighted by Gasteiger charge is 2.45. The smallest absolute Gasteiger partial charge is 0.335 e. The molecule has 3 N–H and O–H groups in total. The molecule has 0 fully saturated rings. The van der Waals surface area contributed by atoms with Crippen LogP contribution in [0, 0.1) is 0 Å². The second-order valence-corrected chi connectivity index (χ2v) is 12.0. The summed E-state index contributed by atoms with van der Waals surface area (Å²) < 4.78 is 56.6. The average molecular weight is 544 g/mol. The third-order valence-corrected chi connectivity index (χ3v) is 8.37. The number of carboxylic acids is 1. The van der Waals surface area contributed by atoms with E-state index in [1.165, 1.54) is 42.5 Å². The summed E-state index contributed by atoms with van der Waals surface area (Å²) in [6.07, 6.45) is 2.75. The second kappa shape index (κ2) is 10.2. The monoisotopic (exact) mass is 543 g/mol. The summed E-state index contributed by atoms with van der Waals surface area (Å²) in [7, 11) is -8.91. The minimum absolute atomic E-state index is 0.00334. The molecule has 0 bridgehead atoms. The highest BCUT2D eigenvalue weighted by atomic mass is 35.5. The fourth-order valence-electron chi connectivity index (χ4n) is 3.22. The van der Waals surface area contributed by atoms with Crippen LogP contribution in [-0.2, 0) is 28.8 Å². The summed E-state index contributed by atoms with van der Waals surface area (Å²) in [5.74, 6) is -1.13. The van der Waals surface area contributed by atoms with E-state index in [2.05, 4.69) is 6.30 Å². The first kappa shape index (κ1) is 27.0. The molecule has 3 rings (SSSR count). The first-order valence-electron chi connectivity index (χ1n) is 9.96. The number of rotatable bonds is 9. The Balaban J connectivity index is 1.99. The fourth-order valence-corrected chi connectivity index (χ4v) is 5.63. The fraction of sp³-hybridized carbons (Fsp3) is 0.130. The van der Waals surface area contributed by atoms with Crippen molar-refractivity contribution >= 4 is 41.2 Å². The second-order valence-electron chi connectivity index (χ2n) is 7.67. The molecule has 186 valence electrons. The highest BCUT2D eigenvalue weighted by Crippen LogP contribution is 2.60. The highest BCUT2D eigenvalue weighted by molar-refractivity contribution is 7.89. The van der Waals surface area contributed by atoms with Crippen LogP contribution in [0.3, 0.4) is 0 Å². The Morgan fingerprint density at radius 3 is 2.03 bits per heavy atom. The van der Waals surface area contributed by atoms with Gasteiger partial charge in [0.05, 0.1) is 15.5 Å². The van der Waals surface area contributed by atoms with Gasteiger partial charge in [-0.3, -0.25) is 0 Å². The third-order valence-electron chi connectivity index (χ3n) is 5.11. The first-order valence-corrected chi connectivity index (χ1v) is 13.7. The summed E-state index contributed by atoms with van der Waals surface area (Å²) in [6, 6.07) is 16.5. The number of hydrogen-bond donors (Lipinski definition) is 3. The van der Waals surface area contributed by atoms with Gasteiger partial charge in [0.15, 0.2) is 7.34 Å². The lowest BCUT2D eigenvalue weighted by Crippen LogP contribution is -2.30. The minimum atomic E-state index is -4.85. The van der Waals surface area contributed by atoms with Crippen LogP contribution in [0.25, 0.3) is 0 Å². The van der Waals surface area contributed by atoms with Gasteiger partial charge in [0, 0.05) is 18.7 Å². The summed E-state index contributed by atoms with van der Waals surface area (Å²) in [4.78, 5) is 29.9. The SMILES string of the molecule is C=P(O)(O)C(F)(F)c1ccc(CN(Cc2ccc(C(=O)O)cc2)S(=O)(=O)c2ccccc2)cc1Cl. The van der Waals surface area contributed by atoms with Crippen LogP contribution >= 0.6 is 18.9 Å². The van der Waals surface area contributed by atoms with Gasteiger partial charge in [-0.15, -0.1) is 0 Å². The largest absolute Gasteiger partial charge is 0.478 e. The molecule has 3 aromatic rings. The van der Waals surface area contributed by atoms with Gasteiger partial charge in [-0.25, -0.2) is 13.2 Å². The van der Waals surface area contributed by atoms with Crippen molar-refractivity contribution in [1.82, 2.24) is 4.31 Å². The van der Waals surface area contributed by atoms with Crippen LogP contribution in [-0.4, -0.2) is 39.9 Å². The molecule has 0 heterocycles. The normalized spacial score (nSPS) is 12.6. The van der Waals surface area contributed by atoms with E-state index in [-0.39, 0.29) is 29.1 Å². The van der Waals surface area contributed by atoms with E-state index >= 15 is 0 Å². The van der Waals surface area contributed by atoms with Crippen molar-refractivity contribution in [2.45, 2.75) is 23.6 Å². The van der Waals surface area contributed by atoms with Crippen LogP contribution in [0.1, 0.15) is 27.0 Å². The predicted octanol–water partition coefficient (Wildman–Crippen LogP) is 4.74. The van der Waals surface area contributed by atoms with Crippen LogP contribution in [0.5, 0.6) is 0 Å². The third kappa shape index (κ3) is 5.98. The van der Waals surface area contributed by atoms with Crippen LogP contribution < -0.4 is 0 Å². The molecule has 0 aliphatic carbocycles. The van der Waals surface area contributed by atoms with Crippen LogP contribution in [0.15, 0.2) is 77.7 Å². The number of sulfonamides is 1. The molecule has 0 aliphatic rings. The van der Waals surface area contributed by atoms with Gasteiger partial charge in [0.1, 0.15) is 0 Å². The Bertz CT molecular complexity index is 1380. The lowest BCUT2D eigenvalue weighted by molar-refractivity contribution is 0.0696.